The van der Waals surface area contributed by atoms with Crippen LogP contribution in [0.3, 0.4) is 0 Å². The molecule has 0 aliphatic carbocycles. The highest BCUT2D eigenvalue weighted by atomic mass is 16.5. The van der Waals surface area contributed by atoms with Crippen molar-refractivity contribution in [2.24, 2.45) is 0 Å². The Morgan fingerprint density at radius 3 is 1.67 bits per heavy atom. The number of imide groups is 2. The van der Waals surface area contributed by atoms with Gasteiger partial charge in [0.1, 0.15) is 6.04 Å². The van der Waals surface area contributed by atoms with Crippen LogP contribution in [-0.4, -0.2) is 58.6 Å². The monoisotopic (exact) mass is 482 g/mol. The van der Waals surface area contributed by atoms with Crippen LogP contribution in [-0.2, 0) is 16.0 Å². The molecule has 3 aromatic rings. The van der Waals surface area contributed by atoms with Gasteiger partial charge in [-0.05, 0) is 36.2 Å². The molecule has 180 valence electrons. The lowest BCUT2D eigenvalue weighted by Crippen LogP contribution is -2.47. The third-order valence-corrected chi connectivity index (χ3v) is 6.33. The van der Waals surface area contributed by atoms with Gasteiger partial charge in [-0.25, -0.2) is 4.79 Å². The van der Waals surface area contributed by atoms with Crippen LogP contribution in [0.2, 0.25) is 0 Å². The van der Waals surface area contributed by atoms with Gasteiger partial charge in [0.15, 0.2) is 0 Å². The quantitative estimate of drug-likeness (QED) is 0.278. The number of amides is 4. The Kier molecular flexibility index (Phi) is 6.16. The normalized spacial score (nSPS) is 15.2. The molecule has 0 aromatic heterocycles. The number of carbonyl (C=O) groups is 5. The topological polar surface area (TPSA) is 101 Å². The molecular formula is C28H22N2O6. The van der Waals surface area contributed by atoms with E-state index in [0.717, 1.165) is 15.4 Å². The predicted molar refractivity (Wildman–Crippen MR) is 128 cm³/mol. The van der Waals surface area contributed by atoms with Gasteiger partial charge in [0.2, 0.25) is 0 Å². The fourth-order valence-electron chi connectivity index (χ4n) is 4.54. The summed E-state index contributed by atoms with van der Waals surface area (Å²) in [6.07, 6.45) is 0.320. The molecule has 2 heterocycles. The molecule has 0 saturated heterocycles. The van der Waals surface area contributed by atoms with Crippen molar-refractivity contribution < 1.29 is 28.7 Å². The van der Waals surface area contributed by atoms with Crippen molar-refractivity contribution in [1.82, 2.24) is 9.80 Å². The summed E-state index contributed by atoms with van der Waals surface area (Å²) in [6, 6.07) is 20.9. The first-order chi connectivity index (χ1) is 17.5. The number of carbonyl (C=O) groups excluding carboxylic acids is 5. The Balaban J connectivity index is 1.27. The van der Waals surface area contributed by atoms with Crippen molar-refractivity contribution in [3.05, 3.63) is 107 Å². The molecule has 8 nitrogen and oxygen atoms in total. The van der Waals surface area contributed by atoms with E-state index in [-0.39, 0.29) is 48.9 Å². The van der Waals surface area contributed by atoms with Crippen LogP contribution >= 0.6 is 0 Å². The summed E-state index contributed by atoms with van der Waals surface area (Å²) in [4.78, 5) is 66.4. The number of ether oxygens (including phenoxy) is 1. The maximum atomic E-state index is 13.2. The van der Waals surface area contributed by atoms with Crippen molar-refractivity contribution in [2.75, 3.05) is 13.2 Å². The van der Waals surface area contributed by atoms with E-state index >= 15 is 0 Å². The minimum absolute atomic E-state index is 0.0794. The van der Waals surface area contributed by atoms with Gasteiger partial charge in [-0.1, -0.05) is 54.6 Å². The molecule has 0 saturated carbocycles. The summed E-state index contributed by atoms with van der Waals surface area (Å²) in [7, 11) is 0. The summed E-state index contributed by atoms with van der Waals surface area (Å²) in [5, 5.41) is 0. The largest absolute Gasteiger partial charge is 0.464 e. The van der Waals surface area contributed by atoms with Crippen LogP contribution in [0, 0.1) is 0 Å². The van der Waals surface area contributed by atoms with Crippen molar-refractivity contribution in [3.63, 3.8) is 0 Å². The van der Waals surface area contributed by atoms with Gasteiger partial charge in [0.05, 0.1) is 28.9 Å². The van der Waals surface area contributed by atoms with Gasteiger partial charge in [0.25, 0.3) is 23.6 Å². The average Bonchev–Trinajstić information content (AvgIpc) is 3.30. The van der Waals surface area contributed by atoms with Crippen molar-refractivity contribution in [3.8, 4) is 0 Å². The average molecular weight is 482 g/mol. The molecule has 2 aliphatic heterocycles. The molecule has 36 heavy (non-hydrogen) atoms. The molecule has 4 amide bonds. The zero-order valence-corrected chi connectivity index (χ0v) is 19.3. The highest BCUT2D eigenvalue weighted by molar-refractivity contribution is 6.23. The number of hydrogen-bond donors (Lipinski definition) is 0. The van der Waals surface area contributed by atoms with Crippen LogP contribution in [0.1, 0.15) is 53.4 Å². The molecule has 1 unspecified atom stereocenters. The lowest BCUT2D eigenvalue weighted by Gasteiger charge is -2.25. The number of rotatable bonds is 8. The Hall–Kier alpha value is -4.59. The molecule has 0 fully saturated rings. The number of benzene rings is 3. The van der Waals surface area contributed by atoms with E-state index in [1.807, 2.05) is 18.2 Å². The fourth-order valence-corrected chi connectivity index (χ4v) is 4.54. The minimum atomic E-state index is -1.15. The molecule has 8 heteroatoms. The van der Waals surface area contributed by atoms with E-state index in [4.69, 9.17) is 4.74 Å². The van der Waals surface area contributed by atoms with Crippen molar-refractivity contribution >= 4 is 29.6 Å². The molecule has 0 spiro atoms. The summed E-state index contributed by atoms with van der Waals surface area (Å²) in [5.74, 6) is -2.57. The summed E-state index contributed by atoms with van der Waals surface area (Å²) in [5.41, 5.74) is 1.97. The van der Waals surface area contributed by atoms with Gasteiger partial charge in [0, 0.05) is 13.0 Å². The Morgan fingerprint density at radius 2 is 1.14 bits per heavy atom. The second kappa shape index (κ2) is 9.58. The Labute approximate surface area is 207 Å². The summed E-state index contributed by atoms with van der Waals surface area (Å²) in [6.45, 7) is -0.00328. The lowest BCUT2D eigenvalue weighted by molar-refractivity contribution is -0.148. The van der Waals surface area contributed by atoms with Crippen LogP contribution < -0.4 is 0 Å². The molecule has 3 aromatic carbocycles. The molecule has 0 N–H and O–H groups in total. The summed E-state index contributed by atoms with van der Waals surface area (Å²) < 4.78 is 5.46. The first-order valence-electron chi connectivity index (χ1n) is 11.6. The molecule has 1 atom stereocenters. The maximum Gasteiger partial charge on any atom is 0.329 e. The smallest absolute Gasteiger partial charge is 0.329 e. The third kappa shape index (κ3) is 4.07. The standard InChI is InChI=1S/C28H22N2O6/c31-24-19-11-4-5-12-20(19)25(32)29(24)15-8-16-36-28(35)23(17-18-9-2-1-3-10-18)30-26(33)21-13-6-7-14-22(21)27(30)34/h1-7,9-14,23H,8,15-17H2. The van der Waals surface area contributed by atoms with E-state index in [1.54, 1.807) is 60.7 Å². The van der Waals surface area contributed by atoms with Gasteiger partial charge in [-0.3, -0.25) is 29.0 Å². The van der Waals surface area contributed by atoms with Crippen molar-refractivity contribution in [1.29, 1.82) is 0 Å². The second-order valence-corrected chi connectivity index (χ2v) is 8.56. The maximum absolute atomic E-state index is 13.2. The molecule has 2 aliphatic rings. The van der Waals surface area contributed by atoms with Gasteiger partial charge in [-0.15, -0.1) is 0 Å². The summed E-state index contributed by atoms with van der Waals surface area (Å²) >= 11 is 0. The van der Waals surface area contributed by atoms with Crippen LogP contribution in [0.5, 0.6) is 0 Å². The zero-order valence-electron chi connectivity index (χ0n) is 19.3. The van der Waals surface area contributed by atoms with E-state index in [9.17, 15) is 24.0 Å². The van der Waals surface area contributed by atoms with Gasteiger partial charge in [-0.2, -0.15) is 0 Å². The first kappa shape index (κ1) is 23.2. The van der Waals surface area contributed by atoms with Crippen molar-refractivity contribution in [2.45, 2.75) is 18.9 Å². The zero-order chi connectivity index (χ0) is 25.2. The van der Waals surface area contributed by atoms with Gasteiger partial charge < -0.3 is 4.74 Å². The lowest BCUT2D eigenvalue weighted by atomic mass is 10.0. The highest BCUT2D eigenvalue weighted by Gasteiger charge is 2.43. The second-order valence-electron chi connectivity index (χ2n) is 8.56. The Morgan fingerprint density at radius 1 is 0.667 bits per heavy atom. The van der Waals surface area contributed by atoms with E-state index < -0.39 is 23.8 Å². The van der Waals surface area contributed by atoms with E-state index in [0.29, 0.717) is 11.1 Å². The molecular weight excluding hydrogens is 460 g/mol. The van der Waals surface area contributed by atoms with Crippen LogP contribution in [0.4, 0.5) is 0 Å². The fraction of sp³-hybridized carbons (Fsp3) is 0.179. The molecule has 5 rings (SSSR count). The van der Waals surface area contributed by atoms with Crippen LogP contribution in [0.15, 0.2) is 78.9 Å². The number of fused-ring (bicyclic) bond motifs is 2. The SMILES string of the molecule is O=C(OCCCN1C(=O)c2ccccc2C1=O)C(Cc1ccccc1)N1C(=O)c2ccccc2C1=O. The highest BCUT2D eigenvalue weighted by Crippen LogP contribution is 2.27. The number of esters is 1. The Bertz CT molecular complexity index is 1310. The van der Waals surface area contributed by atoms with Crippen LogP contribution in [0.25, 0.3) is 0 Å². The predicted octanol–water partition coefficient (Wildman–Crippen LogP) is 3.12. The van der Waals surface area contributed by atoms with Gasteiger partial charge >= 0.3 is 5.97 Å². The van der Waals surface area contributed by atoms with E-state index in [1.165, 1.54) is 0 Å². The first-order valence-corrected chi connectivity index (χ1v) is 11.6. The minimum Gasteiger partial charge on any atom is -0.464 e. The number of nitrogens with zero attached hydrogens (tertiary/aromatic N) is 2. The number of hydrogen-bond acceptors (Lipinski definition) is 6. The van der Waals surface area contributed by atoms with E-state index in [2.05, 4.69) is 0 Å². The molecule has 0 radical (unpaired) electrons. The molecule has 0 bridgehead atoms. The third-order valence-electron chi connectivity index (χ3n) is 6.33.